The van der Waals surface area contributed by atoms with Crippen LogP contribution in [0.4, 0.5) is 0 Å². The van der Waals surface area contributed by atoms with Crippen LogP contribution in [-0.2, 0) is 6.54 Å². The fourth-order valence-electron chi connectivity index (χ4n) is 2.30. The summed E-state index contributed by atoms with van der Waals surface area (Å²) in [5, 5.41) is 1.04. The maximum Gasteiger partial charge on any atom is 0.156 e. The molecule has 0 aliphatic rings. The lowest BCUT2D eigenvalue weighted by Gasteiger charge is -2.04. The Hall–Kier alpha value is -1.75. The molecule has 4 nitrogen and oxygen atoms in total. The maximum absolute atomic E-state index is 6.21. The standard InChI is InChI=1S/C15H13Cl2N3O/c1-21-11-4-2-9(3-5-11)14-13(7-18)20-8-10(16)6-12(17)15(20)19-14/h2-6,8H,7,18H2,1H3. The third-order valence-corrected chi connectivity index (χ3v) is 3.78. The van der Waals surface area contributed by atoms with Crippen LogP contribution in [0.1, 0.15) is 5.69 Å². The first-order valence-corrected chi connectivity index (χ1v) is 7.10. The highest BCUT2D eigenvalue weighted by Crippen LogP contribution is 2.30. The number of fused-ring (bicyclic) bond motifs is 1. The molecule has 0 aliphatic carbocycles. The van der Waals surface area contributed by atoms with E-state index in [0.717, 1.165) is 22.7 Å². The molecule has 0 spiro atoms. The van der Waals surface area contributed by atoms with Crippen molar-refractivity contribution in [2.24, 2.45) is 5.73 Å². The van der Waals surface area contributed by atoms with Gasteiger partial charge in [0.2, 0.25) is 0 Å². The number of rotatable bonds is 3. The van der Waals surface area contributed by atoms with E-state index in [9.17, 15) is 0 Å². The highest BCUT2D eigenvalue weighted by Gasteiger charge is 2.15. The number of methoxy groups -OCH3 is 1. The summed E-state index contributed by atoms with van der Waals surface area (Å²) >= 11 is 12.3. The first kappa shape index (κ1) is 14.2. The molecule has 0 unspecified atom stereocenters. The van der Waals surface area contributed by atoms with Crippen molar-refractivity contribution in [2.75, 3.05) is 7.11 Å². The second kappa shape index (κ2) is 5.56. The van der Waals surface area contributed by atoms with E-state index in [-0.39, 0.29) is 0 Å². The summed E-state index contributed by atoms with van der Waals surface area (Å²) in [4.78, 5) is 4.60. The van der Waals surface area contributed by atoms with Crippen molar-refractivity contribution in [2.45, 2.75) is 6.54 Å². The molecule has 0 radical (unpaired) electrons. The Kier molecular flexibility index (Phi) is 3.76. The number of aromatic nitrogens is 2. The van der Waals surface area contributed by atoms with Gasteiger partial charge in [-0.3, -0.25) is 4.40 Å². The van der Waals surface area contributed by atoms with Crippen molar-refractivity contribution in [3.05, 3.63) is 52.3 Å². The van der Waals surface area contributed by atoms with E-state index in [0.29, 0.717) is 22.2 Å². The summed E-state index contributed by atoms with van der Waals surface area (Å²) in [7, 11) is 1.63. The van der Waals surface area contributed by atoms with Crippen molar-refractivity contribution in [3.63, 3.8) is 0 Å². The molecular formula is C15H13Cl2N3O. The van der Waals surface area contributed by atoms with Crippen LogP contribution in [0.2, 0.25) is 10.0 Å². The first-order valence-electron chi connectivity index (χ1n) is 6.34. The van der Waals surface area contributed by atoms with Gasteiger partial charge in [-0.05, 0) is 30.3 Å². The summed E-state index contributed by atoms with van der Waals surface area (Å²) in [5.74, 6) is 0.790. The molecule has 0 amide bonds. The number of halogens is 2. The smallest absolute Gasteiger partial charge is 0.156 e. The van der Waals surface area contributed by atoms with Crippen LogP contribution in [0, 0.1) is 0 Å². The lowest BCUT2D eigenvalue weighted by molar-refractivity contribution is 0.415. The van der Waals surface area contributed by atoms with Crippen molar-refractivity contribution < 1.29 is 4.74 Å². The monoisotopic (exact) mass is 321 g/mol. The Bertz CT molecular complexity index is 797. The van der Waals surface area contributed by atoms with E-state index < -0.39 is 0 Å². The van der Waals surface area contributed by atoms with E-state index in [1.165, 1.54) is 0 Å². The Morgan fingerprint density at radius 1 is 1.24 bits per heavy atom. The van der Waals surface area contributed by atoms with Crippen LogP contribution >= 0.6 is 23.2 Å². The molecule has 2 N–H and O–H groups in total. The number of nitrogens with zero attached hydrogens (tertiary/aromatic N) is 2. The average Bonchev–Trinajstić information content (AvgIpc) is 2.86. The highest BCUT2D eigenvalue weighted by atomic mass is 35.5. The number of benzene rings is 1. The van der Waals surface area contributed by atoms with Crippen LogP contribution in [0.25, 0.3) is 16.9 Å². The van der Waals surface area contributed by atoms with Gasteiger partial charge in [0.15, 0.2) is 5.65 Å². The second-order valence-electron chi connectivity index (χ2n) is 4.54. The number of imidazole rings is 1. The highest BCUT2D eigenvalue weighted by molar-refractivity contribution is 6.36. The summed E-state index contributed by atoms with van der Waals surface area (Å²) in [6.45, 7) is 0.333. The lowest BCUT2D eigenvalue weighted by Crippen LogP contribution is -2.02. The van der Waals surface area contributed by atoms with Crippen molar-refractivity contribution in [1.82, 2.24) is 9.38 Å². The van der Waals surface area contributed by atoms with Crippen LogP contribution in [0.5, 0.6) is 5.75 Å². The molecule has 1 aromatic carbocycles. The van der Waals surface area contributed by atoms with Crippen molar-refractivity contribution in [1.29, 1.82) is 0 Å². The number of hydrogen-bond donors (Lipinski definition) is 1. The van der Waals surface area contributed by atoms with Gasteiger partial charge in [-0.25, -0.2) is 4.98 Å². The summed E-state index contributed by atoms with van der Waals surface area (Å²) in [5.41, 5.74) is 9.14. The van der Waals surface area contributed by atoms with Crippen molar-refractivity contribution in [3.8, 4) is 17.0 Å². The summed E-state index contributed by atoms with van der Waals surface area (Å²) in [6, 6.07) is 9.32. The molecule has 2 heterocycles. The van der Waals surface area contributed by atoms with E-state index in [2.05, 4.69) is 4.98 Å². The molecule has 0 fully saturated rings. The zero-order chi connectivity index (χ0) is 15.0. The average molecular weight is 322 g/mol. The molecule has 0 saturated heterocycles. The molecule has 108 valence electrons. The van der Waals surface area contributed by atoms with Crippen LogP contribution in [-0.4, -0.2) is 16.5 Å². The van der Waals surface area contributed by atoms with Gasteiger partial charge in [0.1, 0.15) is 5.75 Å². The third-order valence-electron chi connectivity index (χ3n) is 3.30. The minimum atomic E-state index is 0.333. The first-order chi connectivity index (χ1) is 10.1. The van der Waals surface area contributed by atoms with Crippen LogP contribution < -0.4 is 10.5 Å². The number of hydrogen-bond acceptors (Lipinski definition) is 3. The number of nitrogens with two attached hydrogens (primary N) is 1. The van der Waals surface area contributed by atoms with Gasteiger partial charge < -0.3 is 10.5 Å². The molecule has 6 heteroatoms. The van der Waals surface area contributed by atoms with Crippen LogP contribution in [0.3, 0.4) is 0 Å². The third kappa shape index (κ3) is 2.46. The van der Waals surface area contributed by atoms with E-state index in [1.807, 2.05) is 28.7 Å². The number of ether oxygens (including phenoxy) is 1. The molecule has 0 atom stereocenters. The summed E-state index contributed by atoms with van der Waals surface area (Å²) < 4.78 is 7.00. The Morgan fingerprint density at radius 3 is 2.57 bits per heavy atom. The van der Waals surface area contributed by atoms with Crippen LogP contribution in [0.15, 0.2) is 36.5 Å². The van der Waals surface area contributed by atoms with Gasteiger partial charge in [0.25, 0.3) is 0 Å². The Balaban J connectivity index is 2.24. The predicted molar refractivity (Wildman–Crippen MR) is 85.1 cm³/mol. The molecule has 0 saturated carbocycles. The van der Waals surface area contributed by atoms with Gasteiger partial charge in [-0.1, -0.05) is 23.2 Å². The lowest BCUT2D eigenvalue weighted by atomic mass is 10.1. The van der Waals surface area contributed by atoms with Gasteiger partial charge in [0.05, 0.1) is 28.5 Å². The molecule has 21 heavy (non-hydrogen) atoms. The zero-order valence-corrected chi connectivity index (χ0v) is 12.8. The molecule has 0 bridgehead atoms. The molecule has 3 aromatic rings. The van der Waals surface area contributed by atoms with Gasteiger partial charge in [-0.2, -0.15) is 0 Å². The van der Waals surface area contributed by atoms with Crippen molar-refractivity contribution >= 4 is 28.8 Å². The summed E-state index contributed by atoms with van der Waals surface area (Å²) in [6.07, 6.45) is 1.77. The largest absolute Gasteiger partial charge is 0.497 e. The van der Waals surface area contributed by atoms with E-state index >= 15 is 0 Å². The molecular weight excluding hydrogens is 309 g/mol. The van der Waals surface area contributed by atoms with E-state index in [4.69, 9.17) is 33.7 Å². The molecule has 0 aliphatic heterocycles. The maximum atomic E-state index is 6.21. The fourth-order valence-corrected chi connectivity index (χ4v) is 2.81. The minimum Gasteiger partial charge on any atom is -0.497 e. The van der Waals surface area contributed by atoms with Gasteiger partial charge in [-0.15, -0.1) is 0 Å². The minimum absolute atomic E-state index is 0.333. The number of pyridine rings is 1. The second-order valence-corrected chi connectivity index (χ2v) is 5.38. The fraction of sp³-hybridized carbons (Fsp3) is 0.133. The van der Waals surface area contributed by atoms with E-state index in [1.54, 1.807) is 19.4 Å². The Labute approximate surface area is 132 Å². The predicted octanol–water partition coefficient (Wildman–Crippen LogP) is 3.78. The quantitative estimate of drug-likeness (QED) is 0.798. The normalized spacial score (nSPS) is 11.0. The molecule has 2 aromatic heterocycles. The van der Waals surface area contributed by atoms with Gasteiger partial charge >= 0.3 is 0 Å². The topological polar surface area (TPSA) is 52.5 Å². The Morgan fingerprint density at radius 2 is 1.95 bits per heavy atom. The molecule has 3 rings (SSSR count). The SMILES string of the molecule is COc1ccc(-c2nc3c(Cl)cc(Cl)cn3c2CN)cc1. The zero-order valence-electron chi connectivity index (χ0n) is 11.3. The van der Waals surface area contributed by atoms with Gasteiger partial charge in [0, 0.05) is 18.3 Å².